The zero-order valence-electron chi connectivity index (χ0n) is 15.1. The van der Waals surface area contributed by atoms with E-state index >= 15 is 0 Å². The number of nitrogens with zero attached hydrogens (tertiary/aromatic N) is 1. The van der Waals surface area contributed by atoms with Crippen molar-refractivity contribution in [2.75, 3.05) is 20.2 Å². The number of amides is 2. The predicted octanol–water partition coefficient (Wildman–Crippen LogP) is 3.03. The van der Waals surface area contributed by atoms with Crippen molar-refractivity contribution in [3.8, 4) is 5.75 Å². The molecule has 2 aliphatic heterocycles. The van der Waals surface area contributed by atoms with Gasteiger partial charge >= 0.3 is 0 Å². The summed E-state index contributed by atoms with van der Waals surface area (Å²) in [6.45, 7) is 0.741. The molecule has 0 radical (unpaired) electrons. The summed E-state index contributed by atoms with van der Waals surface area (Å²) in [7, 11) is 1.70. The topological polar surface area (TPSA) is 58.6 Å². The van der Waals surface area contributed by atoms with Crippen molar-refractivity contribution in [2.24, 2.45) is 0 Å². The van der Waals surface area contributed by atoms with Gasteiger partial charge in [0.05, 0.1) is 18.6 Å². The summed E-state index contributed by atoms with van der Waals surface area (Å²) in [5.41, 5.74) is 1.96. The number of benzene rings is 2. The standard InChI is InChI=1S/C21H21FN2O3/c1-24-12-16(13-6-2-3-7-14(13)21(24)26)20(25)23-18-10-5-11-27-19-15(18)8-4-9-17(19)22/h2-4,6-9,16,18H,5,10-12H2,1H3,(H,23,25). The van der Waals surface area contributed by atoms with E-state index in [4.69, 9.17) is 4.74 Å². The zero-order valence-corrected chi connectivity index (χ0v) is 15.1. The van der Waals surface area contributed by atoms with Crippen LogP contribution in [-0.4, -0.2) is 36.9 Å². The monoisotopic (exact) mass is 368 g/mol. The molecule has 5 nitrogen and oxygen atoms in total. The van der Waals surface area contributed by atoms with E-state index in [1.165, 1.54) is 6.07 Å². The van der Waals surface area contributed by atoms with Crippen LogP contribution in [0.1, 0.15) is 46.3 Å². The SMILES string of the molecule is CN1CC(C(=O)NC2CCCOc3c(F)cccc32)c2ccccc2C1=O. The number of halogens is 1. The Morgan fingerprint density at radius 3 is 2.81 bits per heavy atom. The smallest absolute Gasteiger partial charge is 0.253 e. The zero-order chi connectivity index (χ0) is 19.0. The molecular formula is C21H21FN2O3. The highest BCUT2D eigenvalue weighted by atomic mass is 19.1. The fourth-order valence-electron chi connectivity index (χ4n) is 3.87. The van der Waals surface area contributed by atoms with Gasteiger partial charge < -0.3 is 15.0 Å². The molecule has 0 aliphatic carbocycles. The Bertz CT molecular complexity index is 899. The number of carbonyl (C=O) groups excluding carboxylic acids is 2. The van der Waals surface area contributed by atoms with Crippen LogP contribution in [-0.2, 0) is 4.79 Å². The Balaban J connectivity index is 1.63. The van der Waals surface area contributed by atoms with Crippen molar-refractivity contribution in [1.82, 2.24) is 10.2 Å². The van der Waals surface area contributed by atoms with Gasteiger partial charge in [0, 0.05) is 24.7 Å². The predicted molar refractivity (Wildman–Crippen MR) is 98.2 cm³/mol. The van der Waals surface area contributed by atoms with Crippen LogP contribution in [0.5, 0.6) is 5.75 Å². The third-order valence-corrected chi connectivity index (χ3v) is 5.26. The summed E-state index contributed by atoms with van der Waals surface area (Å²) >= 11 is 0. The lowest BCUT2D eigenvalue weighted by Crippen LogP contribution is -2.44. The van der Waals surface area contributed by atoms with Crippen LogP contribution >= 0.6 is 0 Å². The summed E-state index contributed by atoms with van der Waals surface area (Å²) in [6.07, 6.45) is 1.39. The molecule has 0 aromatic heterocycles. The second-order valence-corrected chi connectivity index (χ2v) is 7.04. The van der Waals surface area contributed by atoms with E-state index in [-0.39, 0.29) is 23.6 Å². The quantitative estimate of drug-likeness (QED) is 0.886. The minimum Gasteiger partial charge on any atom is -0.490 e. The van der Waals surface area contributed by atoms with Crippen LogP contribution in [0.4, 0.5) is 4.39 Å². The molecule has 2 aromatic rings. The summed E-state index contributed by atoms with van der Waals surface area (Å²) in [5.74, 6) is -0.891. The maximum Gasteiger partial charge on any atom is 0.253 e. The molecule has 2 unspecified atom stereocenters. The number of hydrogen-bond acceptors (Lipinski definition) is 3. The van der Waals surface area contributed by atoms with Crippen LogP contribution in [0.15, 0.2) is 42.5 Å². The minimum absolute atomic E-state index is 0.0788. The Kier molecular flexibility index (Phi) is 4.56. The molecule has 0 saturated heterocycles. The van der Waals surface area contributed by atoms with Gasteiger partial charge in [0.2, 0.25) is 5.91 Å². The molecule has 6 heteroatoms. The Labute approximate surface area is 157 Å². The van der Waals surface area contributed by atoms with Gasteiger partial charge in [-0.15, -0.1) is 0 Å². The number of fused-ring (bicyclic) bond motifs is 2. The van der Waals surface area contributed by atoms with Gasteiger partial charge in [-0.1, -0.05) is 30.3 Å². The number of rotatable bonds is 2. The molecule has 2 aliphatic rings. The molecule has 0 spiro atoms. The fourth-order valence-corrected chi connectivity index (χ4v) is 3.87. The van der Waals surface area contributed by atoms with Gasteiger partial charge in [-0.3, -0.25) is 9.59 Å². The first-order valence-electron chi connectivity index (χ1n) is 9.12. The normalized spacial score (nSPS) is 21.6. The molecule has 4 rings (SSSR count). The Hall–Kier alpha value is -2.89. The first-order valence-corrected chi connectivity index (χ1v) is 9.12. The first-order chi connectivity index (χ1) is 13.1. The van der Waals surface area contributed by atoms with Gasteiger partial charge in [-0.2, -0.15) is 0 Å². The van der Waals surface area contributed by atoms with Gasteiger partial charge in [0.15, 0.2) is 11.6 Å². The largest absolute Gasteiger partial charge is 0.490 e. The lowest BCUT2D eigenvalue weighted by atomic mass is 9.88. The molecule has 1 N–H and O–H groups in total. The molecule has 2 amide bonds. The number of nitrogens with one attached hydrogen (secondary N) is 1. The molecule has 2 atom stereocenters. The maximum absolute atomic E-state index is 14.1. The highest BCUT2D eigenvalue weighted by molar-refractivity contribution is 6.00. The Morgan fingerprint density at radius 1 is 1.19 bits per heavy atom. The van der Waals surface area contributed by atoms with Crippen LogP contribution in [0.2, 0.25) is 0 Å². The van der Waals surface area contributed by atoms with E-state index in [0.29, 0.717) is 30.7 Å². The average Bonchev–Trinajstić information content (AvgIpc) is 2.88. The lowest BCUT2D eigenvalue weighted by Gasteiger charge is -2.32. The van der Waals surface area contributed by atoms with E-state index in [0.717, 1.165) is 12.0 Å². The molecular weight excluding hydrogens is 347 g/mol. The lowest BCUT2D eigenvalue weighted by molar-refractivity contribution is -0.123. The number of ether oxygens (including phenoxy) is 1. The highest BCUT2D eigenvalue weighted by Gasteiger charge is 2.35. The summed E-state index contributed by atoms with van der Waals surface area (Å²) in [4.78, 5) is 27.0. The number of para-hydroxylation sites is 1. The number of likely N-dealkylation sites (N-methyl/N-ethyl adjacent to an activating group) is 1. The molecule has 27 heavy (non-hydrogen) atoms. The van der Waals surface area contributed by atoms with E-state index in [9.17, 15) is 14.0 Å². The molecule has 0 fully saturated rings. The maximum atomic E-state index is 14.1. The second kappa shape index (κ2) is 7.02. The van der Waals surface area contributed by atoms with Crippen molar-refractivity contribution in [3.05, 3.63) is 65.0 Å². The average molecular weight is 368 g/mol. The van der Waals surface area contributed by atoms with Crippen LogP contribution in [0.3, 0.4) is 0 Å². The fraction of sp³-hybridized carbons (Fsp3) is 0.333. The van der Waals surface area contributed by atoms with E-state index < -0.39 is 11.7 Å². The third-order valence-electron chi connectivity index (χ3n) is 5.26. The molecule has 0 bridgehead atoms. The summed E-state index contributed by atoms with van der Waals surface area (Å²) < 4.78 is 19.7. The second-order valence-electron chi connectivity index (χ2n) is 7.04. The molecule has 0 saturated carbocycles. The van der Waals surface area contributed by atoms with Crippen molar-refractivity contribution >= 4 is 11.8 Å². The van der Waals surface area contributed by atoms with Crippen molar-refractivity contribution in [2.45, 2.75) is 24.8 Å². The number of hydrogen-bond donors (Lipinski definition) is 1. The van der Waals surface area contributed by atoms with Gasteiger partial charge in [0.1, 0.15) is 0 Å². The molecule has 2 aromatic carbocycles. The van der Waals surface area contributed by atoms with Gasteiger partial charge in [-0.05, 0) is 30.5 Å². The minimum atomic E-state index is -0.454. The highest BCUT2D eigenvalue weighted by Crippen LogP contribution is 2.35. The van der Waals surface area contributed by atoms with Crippen molar-refractivity contribution in [1.29, 1.82) is 0 Å². The molecule has 2 heterocycles. The molecule has 140 valence electrons. The summed E-state index contributed by atoms with van der Waals surface area (Å²) in [6, 6.07) is 11.7. The van der Waals surface area contributed by atoms with Crippen molar-refractivity contribution in [3.63, 3.8) is 0 Å². The first kappa shape index (κ1) is 17.5. The van der Waals surface area contributed by atoms with Crippen LogP contribution in [0, 0.1) is 5.82 Å². The van der Waals surface area contributed by atoms with E-state index in [1.54, 1.807) is 36.2 Å². The van der Waals surface area contributed by atoms with E-state index in [1.807, 2.05) is 12.1 Å². The summed E-state index contributed by atoms with van der Waals surface area (Å²) in [5, 5.41) is 3.06. The third kappa shape index (κ3) is 3.16. The van der Waals surface area contributed by atoms with E-state index in [2.05, 4.69) is 5.32 Å². The van der Waals surface area contributed by atoms with Crippen molar-refractivity contribution < 1.29 is 18.7 Å². The van der Waals surface area contributed by atoms with Crippen LogP contribution < -0.4 is 10.1 Å². The Morgan fingerprint density at radius 2 is 1.96 bits per heavy atom. The van der Waals surface area contributed by atoms with Gasteiger partial charge in [0.25, 0.3) is 5.91 Å². The van der Waals surface area contributed by atoms with Gasteiger partial charge in [-0.25, -0.2) is 4.39 Å². The van der Waals surface area contributed by atoms with Crippen LogP contribution in [0.25, 0.3) is 0 Å². The number of carbonyl (C=O) groups is 2.